The fraction of sp³-hybridized carbons (Fsp3) is 0.217. The van der Waals surface area contributed by atoms with Gasteiger partial charge in [0.2, 0.25) is 18.4 Å². The lowest BCUT2D eigenvalue weighted by atomic mass is 10.1. The van der Waals surface area contributed by atoms with Gasteiger partial charge in [-0.3, -0.25) is 4.79 Å². The van der Waals surface area contributed by atoms with E-state index in [-0.39, 0.29) is 19.2 Å². The summed E-state index contributed by atoms with van der Waals surface area (Å²) in [5.41, 5.74) is 2.12. The Hall–Kier alpha value is -4.14. The molecule has 9 heteroatoms. The highest BCUT2D eigenvalue weighted by atomic mass is 16.7. The van der Waals surface area contributed by atoms with E-state index < -0.39 is 0 Å². The highest BCUT2D eigenvalue weighted by molar-refractivity contribution is 5.91. The molecule has 2 aromatic carbocycles. The summed E-state index contributed by atoms with van der Waals surface area (Å²) >= 11 is 0. The first-order valence-electron chi connectivity index (χ1n) is 9.73. The van der Waals surface area contributed by atoms with Crippen molar-refractivity contribution in [3.63, 3.8) is 0 Å². The lowest BCUT2D eigenvalue weighted by molar-refractivity contribution is -0.116. The second kappa shape index (κ2) is 9.34. The minimum absolute atomic E-state index is 0.204. The number of aromatic nitrogens is 1. The zero-order chi connectivity index (χ0) is 22.5. The number of hydrogen-bond donors (Lipinski definition) is 1. The molecule has 32 heavy (non-hydrogen) atoms. The van der Waals surface area contributed by atoms with E-state index in [1.54, 1.807) is 24.3 Å². The molecule has 0 aliphatic carbocycles. The molecule has 2 heterocycles. The monoisotopic (exact) mass is 438 g/mol. The number of nitrogens with zero attached hydrogens (tertiary/aromatic N) is 1. The minimum Gasteiger partial charge on any atom is -0.493 e. The third kappa shape index (κ3) is 4.46. The predicted molar refractivity (Wildman–Crippen MR) is 115 cm³/mol. The topological polar surface area (TPSA) is 101 Å². The summed E-state index contributed by atoms with van der Waals surface area (Å²) in [6.45, 7) is 0.419. The molecule has 3 aromatic rings. The van der Waals surface area contributed by atoms with E-state index in [1.165, 1.54) is 27.4 Å². The molecule has 0 bridgehead atoms. The van der Waals surface area contributed by atoms with E-state index in [9.17, 15) is 4.79 Å². The molecule has 0 unspecified atom stereocenters. The SMILES string of the molecule is COc1cc(/C=C/C(=O)NCc2cc(-c3ccc4c(c3)OCO4)on2)cc(OC)c1OC. The van der Waals surface area contributed by atoms with Crippen LogP contribution >= 0.6 is 0 Å². The second-order valence-electron chi connectivity index (χ2n) is 6.76. The molecule has 0 atom stereocenters. The summed E-state index contributed by atoms with van der Waals surface area (Å²) in [4.78, 5) is 12.3. The molecule has 1 amide bonds. The molecule has 0 saturated heterocycles. The molecule has 166 valence electrons. The van der Waals surface area contributed by atoms with Crippen molar-refractivity contribution in [3.05, 3.63) is 53.7 Å². The van der Waals surface area contributed by atoms with Gasteiger partial charge in [0.15, 0.2) is 28.8 Å². The van der Waals surface area contributed by atoms with Gasteiger partial charge < -0.3 is 33.5 Å². The zero-order valence-corrected chi connectivity index (χ0v) is 17.8. The Morgan fingerprint density at radius 3 is 2.50 bits per heavy atom. The lowest BCUT2D eigenvalue weighted by Gasteiger charge is -2.12. The predicted octanol–water partition coefficient (Wildman–Crippen LogP) is 3.43. The van der Waals surface area contributed by atoms with Crippen LogP contribution in [0.3, 0.4) is 0 Å². The van der Waals surface area contributed by atoms with Gasteiger partial charge in [-0.05, 0) is 42.0 Å². The average molecular weight is 438 g/mol. The van der Waals surface area contributed by atoms with Crippen LogP contribution in [0.25, 0.3) is 17.4 Å². The van der Waals surface area contributed by atoms with Crippen molar-refractivity contribution in [1.29, 1.82) is 0 Å². The van der Waals surface area contributed by atoms with Crippen molar-refractivity contribution < 1.29 is 33.0 Å². The van der Waals surface area contributed by atoms with Crippen molar-refractivity contribution in [3.8, 4) is 40.1 Å². The Balaban J connectivity index is 1.38. The van der Waals surface area contributed by atoms with Crippen LogP contribution in [0.15, 0.2) is 47.0 Å². The average Bonchev–Trinajstić information content (AvgIpc) is 3.49. The van der Waals surface area contributed by atoms with Gasteiger partial charge in [0.05, 0.1) is 27.9 Å². The van der Waals surface area contributed by atoms with Crippen molar-refractivity contribution in [2.24, 2.45) is 0 Å². The van der Waals surface area contributed by atoms with Crippen LogP contribution in [-0.4, -0.2) is 39.2 Å². The Morgan fingerprint density at radius 2 is 1.78 bits per heavy atom. The molecule has 0 saturated carbocycles. The number of benzene rings is 2. The highest BCUT2D eigenvalue weighted by Gasteiger charge is 2.16. The smallest absolute Gasteiger partial charge is 0.244 e. The number of amides is 1. The van der Waals surface area contributed by atoms with Crippen LogP contribution < -0.4 is 29.0 Å². The summed E-state index contributed by atoms with van der Waals surface area (Å²) in [7, 11) is 4.60. The number of ether oxygens (including phenoxy) is 5. The highest BCUT2D eigenvalue weighted by Crippen LogP contribution is 2.38. The van der Waals surface area contributed by atoms with Crippen LogP contribution in [-0.2, 0) is 11.3 Å². The number of methoxy groups -OCH3 is 3. The van der Waals surface area contributed by atoms with E-state index in [2.05, 4.69) is 10.5 Å². The Kier molecular flexibility index (Phi) is 6.16. The van der Waals surface area contributed by atoms with E-state index >= 15 is 0 Å². The van der Waals surface area contributed by atoms with Gasteiger partial charge >= 0.3 is 0 Å². The van der Waals surface area contributed by atoms with Gasteiger partial charge in [-0.2, -0.15) is 0 Å². The van der Waals surface area contributed by atoms with Gasteiger partial charge in [-0.1, -0.05) is 5.16 Å². The fourth-order valence-electron chi connectivity index (χ4n) is 3.19. The minimum atomic E-state index is -0.286. The molecule has 4 rings (SSSR count). The van der Waals surface area contributed by atoms with Gasteiger partial charge in [-0.25, -0.2) is 0 Å². The molecule has 9 nitrogen and oxygen atoms in total. The van der Waals surface area contributed by atoms with Gasteiger partial charge in [0, 0.05) is 17.7 Å². The van der Waals surface area contributed by atoms with Crippen molar-refractivity contribution in [2.45, 2.75) is 6.54 Å². The van der Waals surface area contributed by atoms with Gasteiger partial charge in [0.1, 0.15) is 5.69 Å². The van der Waals surface area contributed by atoms with Gasteiger partial charge in [0.25, 0.3) is 0 Å². The first-order chi connectivity index (χ1) is 15.6. The van der Waals surface area contributed by atoms with Crippen molar-refractivity contribution in [1.82, 2.24) is 10.5 Å². The molecule has 0 fully saturated rings. The normalized spacial score (nSPS) is 12.1. The maximum absolute atomic E-state index is 12.3. The van der Waals surface area contributed by atoms with E-state index in [0.29, 0.717) is 40.2 Å². The number of carbonyl (C=O) groups is 1. The Labute approximate surface area is 184 Å². The lowest BCUT2D eigenvalue weighted by Crippen LogP contribution is -2.20. The fourth-order valence-corrected chi connectivity index (χ4v) is 3.19. The maximum Gasteiger partial charge on any atom is 0.244 e. The van der Waals surface area contributed by atoms with Crippen molar-refractivity contribution in [2.75, 3.05) is 28.1 Å². The number of fused-ring (bicyclic) bond motifs is 1. The molecule has 1 aliphatic heterocycles. The second-order valence-corrected chi connectivity index (χ2v) is 6.76. The number of hydrogen-bond acceptors (Lipinski definition) is 8. The number of rotatable bonds is 8. The molecule has 1 aliphatic rings. The molecular formula is C23H22N2O7. The van der Waals surface area contributed by atoms with Gasteiger partial charge in [-0.15, -0.1) is 0 Å². The number of carbonyl (C=O) groups excluding carboxylic acids is 1. The molecule has 0 radical (unpaired) electrons. The third-order valence-corrected chi connectivity index (χ3v) is 4.77. The Bertz CT molecular complexity index is 1130. The summed E-state index contributed by atoms with van der Waals surface area (Å²) in [5, 5.41) is 6.78. The molecule has 1 N–H and O–H groups in total. The first-order valence-corrected chi connectivity index (χ1v) is 9.73. The van der Waals surface area contributed by atoms with Crippen LogP contribution in [0, 0.1) is 0 Å². The van der Waals surface area contributed by atoms with E-state index in [4.69, 9.17) is 28.2 Å². The zero-order valence-electron chi connectivity index (χ0n) is 17.8. The summed E-state index contributed by atoms with van der Waals surface area (Å²) in [6, 6.07) is 10.8. The standard InChI is InChI=1S/C23H22N2O7/c1-27-20-8-14(9-21(28-2)23(20)29-3)4-7-22(26)24-12-16-11-18(32-25-16)15-5-6-17-19(10-15)31-13-30-17/h4-11H,12-13H2,1-3H3,(H,24,26)/b7-4+. The van der Waals surface area contributed by atoms with Crippen molar-refractivity contribution >= 4 is 12.0 Å². The van der Waals surface area contributed by atoms with Crippen LogP contribution in [0.4, 0.5) is 0 Å². The molecule has 1 aromatic heterocycles. The summed E-state index contributed by atoms with van der Waals surface area (Å²) < 4.78 is 32.0. The maximum atomic E-state index is 12.3. The van der Waals surface area contributed by atoms with Crippen LogP contribution in [0.5, 0.6) is 28.7 Å². The van der Waals surface area contributed by atoms with Crippen LogP contribution in [0.2, 0.25) is 0 Å². The van der Waals surface area contributed by atoms with E-state index in [0.717, 1.165) is 11.1 Å². The largest absolute Gasteiger partial charge is 0.493 e. The summed E-state index contributed by atoms with van der Waals surface area (Å²) in [6.07, 6.45) is 3.07. The van der Waals surface area contributed by atoms with Crippen LogP contribution in [0.1, 0.15) is 11.3 Å². The summed E-state index contributed by atoms with van der Waals surface area (Å²) in [5.74, 6) is 3.13. The van der Waals surface area contributed by atoms with E-state index in [1.807, 2.05) is 18.2 Å². The third-order valence-electron chi connectivity index (χ3n) is 4.77. The Morgan fingerprint density at radius 1 is 1.03 bits per heavy atom. The quantitative estimate of drug-likeness (QED) is 0.534. The molecular weight excluding hydrogens is 416 g/mol. The molecule has 0 spiro atoms. The first kappa shape index (κ1) is 21.1. The number of nitrogens with one attached hydrogen (secondary N) is 1.